The Labute approximate surface area is 169 Å². The summed E-state index contributed by atoms with van der Waals surface area (Å²) in [6.07, 6.45) is 2.22. The molecule has 1 fully saturated rings. The van der Waals surface area contributed by atoms with Gasteiger partial charge in [0.2, 0.25) is 10.0 Å². The Kier molecular flexibility index (Phi) is 5.40. The quantitative estimate of drug-likeness (QED) is 0.607. The largest absolute Gasteiger partial charge is 0.459 e. The minimum Gasteiger partial charge on any atom is -0.459 e. The lowest BCUT2D eigenvalue weighted by Crippen LogP contribution is -2.48. The van der Waals surface area contributed by atoms with Crippen molar-refractivity contribution in [3.8, 4) is 0 Å². The number of fused-ring (bicyclic) bond motifs is 1. The summed E-state index contributed by atoms with van der Waals surface area (Å²) in [5, 5.41) is 1.89. The second-order valence-corrected chi connectivity index (χ2v) is 9.12. The summed E-state index contributed by atoms with van der Waals surface area (Å²) in [5.41, 5.74) is 5.61. The second kappa shape index (κ2) is 7.98. The summed E-state index contributed by atoms with van der Waals surface area (Å²) in [6, 6.07) is 15.9. The number of benzene rings is 2. The fourth-order valence-corrected chi connectivity index (χ4v) is 5.27. The first-order chi connectivity index (χ1) is 14.0. The minimum atomic E-state index is -3.63. The highest BCUT2D eigenvalue weighted by Gasteiger charge is 2.38. The van der Waals surface area contributed by atoms with Gasteiger partial charge in [-0.3, -0.25) is 10.2 Å². The predicted octanol–water partition coefficient (Wildman–Crippen LogP) is 2.77. The molecule has 1 aliphatic rings. The lowest BCUT2D eigenvalue weighted by molar-refractivity contribution is 0.0893. The normalized spacial score (nSPS) is 20.2. The molecule has 29 heavy (non-hydrogen) atoms. The zero-order valence-corrected chi connectivity index (χ0v) is 16.9. The Morgan fingerprint density at radius 2 is 1.90 bits per heavy atom. The molecule has 2 heterocycles. The Morgan fingerprint density at radius 1 is 1.10 bits per heavy atom. The van der Waals surface area contributed by atoms with Crippen molar-refractivity contribution in [2.75, 3.05) is 13.1 Å². The molecule has 0 saturated carbocycles. The van der Waals surface area contributed by atoms with Gasteiger partial charge in [0.25, 0.3) is 0 Å². The van der Waals surface area contributed by atoms with Gasteiger partial charge in [-0.05, 0) is 41.0 Å². The van der Waals surface area contributed by atoms with E-state index in [0.29, 0.717) is 6.54 Å². The number of furan rings is 1. The summed E-state index contributed by atoms with van der Waals surface area (Å²) < 4.78 is 33.0. The number of hydrazine groups is 1. The van der Waals surface area contributed by atoms with Gasteiger partial charge >= 0.3 is 5.91 Å². The molecule has 7 nitrogen and oxygen atoms in total. The maximum Gasteiger partial charge on any atom is 0.301 e. The van der Waals surface area contributed by atoms with Crippen molar-refractivity contribution in [1.29, 1.82) is 0 Å². The molecule has 8 heteroatoms. The van der Waals surface area contributed by atoms with E-state index < -0.39 is 10.0 Å². The third kappa shape index (κ3) is 3.91. The van der Waals surface area contributed by atoms with E-state index >= 15 is 0 Å². The van der Waals surface area contributed by atoms with E-state index in [2.05, 4.69) is 10.9 Å². The lowest BCUT2D eigenvalue weighted by Gasteiger charge is -2.18. The molecule has 1 aromatic heterocycles. The topological polar surface area (TPSA) is 91.7 Å². The molecule has 1 amide bonds. The predicted molar refractivity (Wildman–Crippen MR) is 110 cm³/mol. The van der Waals surface area contributed by atoms with Gasteiger partial charge in [0.1, 0.15) is 0 Å². The fourth-order valence-electron chi connectivity index (χ4n) is 3.71. The van der Waals surface area contributed by atoms with Crippen molar-refractivity contribution in [3.05, 3.63) is 66.6 Å². The summed E-state index contributed by atoms with van der Waals surface area (Å²) >= 11 is 0. The molecule has 2 aromatic carbocycles. The summed E-state index contributed by atoms with van der Waals surface area (Å²) in [5.74, 6) is -0.105. The highest BCUT2D eigenvalue weighted by Crippen LogP contribution is 2.28. The van der Waals surface area contributed by atoms with Crippen LogP contribution in [0.1, 0.15) is 23.9 Å². The molecule has 1 saturated heterocycles. The van der Waals surface area contributed by atoms with Crippen LogP contribution in [0.15, 0.2) is 70.2 Å². The number of sulfonamides is 1. The van der Waals surface area contributed by atoms with Gasteiger partial charge in [-0.1, -0.05) is 43.7 Å². The maximum absolute atomic E-state index is 13.2. The Morgan fingerprint density at radius 3 is 2.62 bits per heavy atom. The molecule has 0 spiro atoms. The van der Waals surface area contributed by atoms with Gasteiger partial charge in [-0.2, -0.15) is 4.31 Å². The highest BCUT2D eigenvalue weighted by atomic mass is 32.2. The summed E-state index contributed by atoms with van der Waals surface area (Å²) in [7, 11) is -3.63. The van der Waals surface area contributed by atoms with Crippen LogP contribution in [-0.4, -0.2) is 37.8 Å². The van der Waals surface area contributed by atoms with E-state index in [1.165, 1.54) is 10.6 Å². The van der Waals surface area contributed by atoms with Crippen molar-refractivity contribution in [3.63, 3.8) is 0 Å². The number of carbonyl (C=O) groups is 1. The van der Waals surface area contributed by atoms with Crippen LogP contribution in [-0.2, 0) is 10.0 Å². The smallest absolute Gasteiger partial charge is 0.301 e. The fraction of sp³-hybridized carbons (Fsp3) is 0.286. The number of rotatable bonds is 6. The molecular formula is C21H23N3O4S. The Balaban J connectivity index is 1.49. The molecule has 0 bridgehead atoms. The molecule has 2 N–H and O–H groups in total. The van der Waals surface area contributed by atoms with E-state index in [4.69, 9.17) is 4.42 Å². The van der Waals surface area contributed by atoms with Crippen LogP contribution < -0.4 is 10.9 Å². The minimum absolute atomic E-state index is 0.0853. The first kappa shape index (κ1) is 19.6. The zero-order valence-electron chi connectivity index (χ0n) is 16.0. The third-order valence-corrected chi connectivity index (χ3v) is 7.23. The molecule has 1 aliphatic heterocycles. The summed E-state index contributed by atoms with van der Waals surface area (Å²) in [4.78, 5) is 12.4. The number of carbonyl (C=O) groups excluding carboxylic acids is 1. The molecule has 0 radical (unpaired) electrons. The molecule has 0 aliphatic carbocycles. The number of amides is 1. The van der Waals surface area contributed by atoms with Crippen LogP contribution in [0.2, 0.25) is 0 Å². The van der Waals surface area contributed by atoms with Gasteiger partial charge in [0.05, 0.1) is 11.2 Å². The number of nitrogens with one attached hydrogen (secondary N) is 2. The van der Waals surface area contributed by atoms with Gasteiger partial charge in [0.15, 0.2) is 5.76 Å². The number of nitrogens with zero attached hydrogens (tertiary/aromatic N) is 1. The molecule has 152 valence electrons. The van der Waals surface area contributed by atoms with Gasteiger partial charge < -0.3 is 4.42 Å². The lowest BCUT2D eigenvalue weighted by atomic mass is 10.0. The van der Waals surface area contributed by atoms with Gasteiger partial charge in [0, 0.05) is 19.1 Å². The van der Waals surface area contributed by atoms with Crippen molar-refractivity contribution < 1.29 is 17.6 Å². The highest BCUT2D eigenvalue weighted by molar-refractivity contribution is 7.89. The van der Waals surface area contributed by atoms with E-state index in [1.54, 1.807) is 24.3 Å². The monoisotopic (exact) mass is 413 g/mol. The van der Waals surface area contributed by atoms with Crippen LogP contribution >= 0.6 is 0 Å². The van der Waals surface area contributed by atoms with Crippen LogP contribution in [0.4, 0.5) is 0 Å². The van der Waals surface area contributed by atoms with Crippen LogP contribution in [0.5, 0.6) is 0 Å². The SMILES string of the molecule is CC[C@@H]1CN(S(=O)(=O)c2ccc3ccccc3c2)C[C@@H]1NNC(=O)c1ccco1. The first-order valence-electron chi connectivity index (χ1n) is 9.57. The third-order valence-electron chi connectivity index (χ3n) is 5.41. The maximum atomic E-state index is 13.2. The van der Waals surface area contributed by atoms with E-state index in [9.17, 15) is 13.2 Å². The van der Waals surface area contributed by atoms with Crippen molar-refractivity contribution in [2.24, 2.45) is 5.92 Å². The van der Waals surface area contributed by atoms with Crippen LogP contribution in [0, 0.1) is 5.92 Å². The van der Waals surface area contributed by atoms with Gasteiger partial charge in [-0.15, -0.1) is 0 Å². The standard InChI is InChI=1S/C21H23N3O4S/c1-2-15-13-24(14-19(15)22-23-21(25)20-8-5-11-28-20)29(26,27)18-10-9-16-6-3-4-7-17(16)12-18/h3-12,15,19,22H,2,13-14H2,1H3,(H,23,25)/t15-,19+/m1/s1. The molecule has 0 unspecified atom stereocenters. The van der Waals surface area contributed by atoms with Crippen molar-refractivity contribution in [1.82, 2.24) is 15.2 Å². The summed E-state index contributed by atoms with van der Waals surface area (Å²) in [6.45, 7) is 2.70. The Bertz CT molecular complexity index is 1110. The van der Waals surface area contributed by atoms with Crippen LogP contribution in [0.25, 0.3) is 10.8 Å². The average Bonchev–Trinajstić information content (AvgIpc) is 3.41. The molecule has 4 rings (SSSR count). The molecule has 2 atom stereocenters. The van der Waals surface area contributed by atoms with E-state index in [-0.39, 0.29) is 35.1 Å². The van der Waals surface area contributed by atoms with Crippen LogP contribution in [0.3, 0.4) is 0 Å². The van der Waals surface area contributed by atoms with Crippen molar-refractivity contribution in [2.45, 2.75) is 24.3 Å². The molecular weight excluding hydrogens is 390 g/mol. The first-order valence-corrected chi connectivity index (χ1v) is 11.0. The number of hydrogen-bond donors (Lipinski definition) is 2. The zero-order chi connectivity index (χ0) is 20.4. The van der Waals surface area contributed by atoms with E-state index in [1.807, 2.05) is 37.3 Å². The van der Waals surface area contributed by atoms with Crippen molar-refractivity contribution >= 4 is 26.7 Å². The van der Waals surface area contributed by atoms with E-state index in [0.717, 1.165) is 17.2 Å². The second-order valence-electron chi connectivity index (χ2n) is 7.18. The Hall–Kier alpha value is -2.68. The average molecular weight is 413 g/mol. The van der Waals surface area contributed by atoms with Gasteiger partial charge in [-0.25, -0.2) is 13.8 Å². The molecule has 3 aromatic rings. The number of hydrogen-bond acceptors (Lipinski definition) is 5.